The number of carbonyl (C=O) groups excluding carboxylic acids is 8. The van der Waals surface area contributed by atoms with Crippen LogP contribution in [0.2, 0.25) is 0 Å². The second-order valence-corrected chi connectivity index (χ2v) is 14.9. The largest absolute Gasteiger partial charge is 0.504 e. The van der Waals surface area contributed by atoms with Crippen LogP contribution in [0, 0.1) is 0 Å². The van der Waals surface area contributed by atoms with E-state index in [4.69, 9.17) is 37.1 Å². The van der Waals surface area contributed by atoms with Gasteiger partial charge in [-0.3, -0.25) is 24.0 Å². The lowest BCUT2D eigenvalue weighted by Crippen LogP contribution is -2.57. The minimum atomic E-state index is -1.85. The summed E-state index contributed by atoms with van der Waals surface area (Å²) in [6.45, 7) is -2.01. The first-order valence-electron chi connectivity index (χ1n) is 20.9. The molecule has 0 radical (unpaired) electrons. The van der Waals surface area contributed by atoms with Crippen LogP contribution in [0.4, 0.5) is 0 Å². The van der Waals surface area contributed by atoms with E-state index in [1.807, 2.05) is 0 Å². The maximum atomic E-state index is 13.8. The van der Waals surface area contributed by atoms with E-state index < -0.39 is 127 Å². The zero-order valence-corrected chi connectivity index (χ0v) is 35.6. The van der Waals surface area contributed by atoms with Crippen LogP contribution in [0.25, 0.3) is 0 Å². The van der Waals surface area contributed by atoms with Crippen LogP contribution in [0.15, 0.2) is 36.4 Å². The summed E-state index contributed by atoms with van der Waals surface area (Å²) < 4.78 is 16.0. The Hall–Kier alpha value is -6.76. The number of rotatable bonds is 22. The number of unbranched alkanes of at least 4 members (excludes halogenated alkanes) is 3. The number of esters is 3. The molecular weight excluding hydrogens is 858 g/mol. The molecule has 1 saturated heterocycles. The number of hydrogen-bond acceptors (Lipinski definition) is 19. The van der Waals surface area contributed by atoms with Crippen molar-refractivity contribution in [3.8, 4) is 23.0 Å². The molecule has 0 aliphatic carbocycles. The van der Waals surface area contributed by atoms with Crippen LogP contribution in [0.5, 0.6) is 23.0 Å². The number of hydrogen-bond donors (Lipinski definition) is 13. The number of aromatic hydroxyl groups is 4. The van der Waals surface area contributed by atoms with E-state index in [2.05, 4.69) is 26.6 Å². The second kappa shape index (κ2) is 26.8. The van der Waals surface area contributed by atoms with Gasteiger partial charge in [-0.15, -0.1) is 0 Å². The summed E-state index contributed by atoms with van der Waals surface area (Å²) in [4.78, 5) is 108. The number of benzene rings is 2. The van der Waals surface area contributed by atoms with Gasteiger partial charge in [0, 0.05) is 0 Å². The summed E-state index contributed by atoms with van der Waals surface area (Å²) >= 11 is 0. The average molecular weight is 918 g/mol. The van der Waals surface area contributed by atoms with Gasteiger partial charge in [-0.25, -0.2) is 14.4 Å². The smallest absolute Gasteiger partial charge is 0.332 e. The van der Waals surface area contributed by atoms with Crippen molar-refractivity contribution >= 4 is 47.4 Å². The van der Waals surface area contributed by atoms with Gasteiger partial charge in [-0.2, -0.15) is 0 Å². The zero-order valence-electron chi connectivity index (χ0n) is 35.6. The molecule has 1 aliphatic heterocycles. The molecular formula is C41H59N9O15. The summed E-state index contributed by atoms with van der Waals surface area (Å²) in [6.07, 6.45) is 2.46. The fourth-order valence-electron chi connectivity index (χ4n) is 6.19. The summed E-state index contributed by atoms with van der Waals surface area (Å²) in [6, 6.07) is -2.24. The van der Waals surface area contributed by atoms with Crippen molar-refractivity contribution in [3.05, 3.63) is 47.5 Å². The van der Waals surface area contributed by atoms with Gasteiger partial charge >= 0.3 is 17.9 Å². The minimum absolute atomic E-state index is 0.0521. The Labute approximate surface area is 373 Å². The highest BCUT2D eigenvalue weighted by atomic mass is 16.6. The number of nitrogens with one attached hydrogen (secondary N) is 5. The van der Waals surface area contributed by atoms with E-state index in [0.717, 1.165) is 12.1 Å². The molecule has 24 heteroatoms. The number of nitrogens with two attached hydrogens (primary N) is 4. The quantitative estimate of drug-likeness (QED) is 0.0246. The number of amides is 5. The number of phenols is 4. The molecule has 1 fully saturated rings. The standard InChI is InChI=1S/C41H59N9O15/c42-16-4-1-11-24(45)36(57)48-27-19-63-40(61)29(50-38(59)26(13-3-6-18-44)47-35(56)23-10-8-15-31(52)33(23)54)21-65-41(62)28(20-64-39(27)60)49-37(58)25(12-2-5-17-43)46-34(55)22-9-7-14-30(51)32(22)53/h7-10,14-15,24-29,51-54H,1-6,11-13,16-21,42-45H2,(H,46,55)(H,47,56)(H,48,57)(H,49,58)(H,50,59). The van der Waals surface area contributed by atoms with E-state index in [1.165, 1.54) is 24.3 Å². The first-order valence-corrected chi connectivity index (χ1v) is 20.9. The summed E-state index contributed by atoms with van der Waals surface area (Å²) in [7, 11) is 0. The van der Waals surface area contributed by atoms with Crippen LogP contribution >= 0.6 is 0 Å². The molecule has 2 aromatic rings. The molecule has 65 heavy (non-hydrogen) atoms. The molecule has 1 aliphatic rings. The number of carbonyl (C=O) groups is 8. The van der Waals surface area contributed by atoms with Gasteiger partial charge in [0.05, 0.1) is 17.2 Å². The predicted octanol–water partition coefficient (Wildman–Crippen LogP) is -2.78. The Bertz CT molecular complexity index is 1900. The third kappa shape index (κ3) is 16.4. The van der Waals surface area contributed by atoms with Crippen molar-refractivity contribution in [2.75, 3.05) is 39.5 Å². The number of cyclic esters (lactones) is 3. The van der Waals surface area contributed by atoms with Crippen molar-refractivity contribution in [3.63, 3.8) is 0 Å². The fraction of sp³-hybridized carbons (Fsp3) is 0.512. The first kappa shape index (κ1) is 52.6. The Morgan fingerprint density at radius 3 is 1.23 bits per heavy atom. The lowest BCUT2D eigenvalue weighted by Gasteiger charge is -2.27. The van der Waals surface area contributed by atoms with Gasteiger partial charge < -0.3 is 84.2 Å². The predicted molar refractivity (Wildman–Crippen MR) is 227 cm³/mol. The molecule has 6 atom stereocenters. The van der Waals surface area contributed by atoms with Gasteiger partial charge in [0.1, 0.15) is 31.9 Å². The molecule has 1 heterocycles. The SMILES string of the molecule is NCCCCC(N)C(=O)NC1COC(=O)C(NC(=O)C(CCCCN)NC(=O)c2cccc(O)c2O)COC(=O)C(NC(=O)C(CCCCN)NC(=O)c2cccc(O)c2O)COC1=O. The van der Waals surface area contributed by atoms with Gasteiger partial charge in [0.15, 0.2) is 41.1 Å². The highest BCUT2D eigenvalue weighted by Gasteiger charge is 2.36. The fourth-order valence-corrected chi connectivity index (χ4v) is 6.19. The molecule has 358 valence electrons. The van der Waals surface area contributed by atoms with Crippen molar-refractivity contribution < 1.29 is 73.0 Å². The normalized spacial score (nSPS) is 18.2. The van der Waals surface area contributed by atoms with Gasteiger partial charge in [-0.05, 0) is 95.3 Å². The van der Waals surface area contributed by atoms with Crippen LogP contribution in [0.3, 0.4) is 0 Å². The highest BCUT2D eigenvalue weighted by molar-refractivity contribution is 6.01. The summed E-state index contributed by atoms with van der Waals surface area (Å²) in [5.74, 6) is -11.4. The molecule has 0 spiro atoms. The molecule has 24 nitrogen and oxygen atoms in total. The average Bonchev–Trinajstić information content (AvgIpc) is 3.28. The maximum absolute atomic E-state index is 13.8. The molecule has 6 unspecified atom stereocenters. The Morgan fingerprint density at radius 2 is 0.877 bits per heavy atom. The Balaban J connectivity index is 1.95. The van der Waals surface area contributed by atoms with Crippen LogP contribution in [-0.4, -0.2) is 144 Å². The summed E-state index contributed by atoms with van der Waals surface area (Å²) in [5, 5.41) is 52.3. The minimum Gasteiger partial charge on any atom is -0.504 e. The number of ether oxygens (including phenoxy) is 3. The van der Waals surface area contributed by atoms with Crippen LogP contribution in [-0.2, 0) is 43.0 Å². The van der Waals surface area contributed by atoms with E-state index in [-0.39, 0.29) is 56.3 Å². The Kier molecular flexibility index (Phi) is 21.7. The van der Waals surface area contributed by atoms with E-state index in [9.17, 15) is 58.8 Å². The van der Waals surface area contributed by atoms with Crippen molar-refractivity contribution in [1.29, 1.82) is 0 Å². The lowest BCUT2D eigenvalue weighted by molar-refractivity contribution is -0.164. The van der Waals surface area contributed by atoms with Crippen molar-refractivity contribution in [2.24, 2.45) is 22.9 Å². The molecule has 0 aromatic heterocycles. The molecule has 2 aromatic carbocycles. The highest BCUT2D eigenvalue weighted by Crippen LogP contribution is 2.29. The van der Waals surface area contributed by atoms with Gasteiger partial charge in [-0.1, -0.05) is 18.6 Å². The Morgan fingerprint density at radius 1 is 0.538 bits per heavy atom. The number of phenolic OH excluding ortho intramolecular Hbond substituents is 4. The van der Waals surface area contributed by atoms with Crippen LogP contribution < -0.4 is 49.5 Å². The molecule has 0 saturated carbocycles. The van der Waals surface area contributed by atoms with Crippen molar-refractivity contribution in [1.82, 2.24) is 26.6 Å². The molecule has 17 N–H and O–H groups in total. The van der Waals surface area contributed by atoms with E-state index in [0.29, 0.717) is 32.2 Å². The second-order valence-electron chi connectivity index (χ2n) is 14.9. The topological polar surface area (TPSA) is 409 Å². The maximum Gasteiger partial charge on any atom is 0.332 e. The third-order valence-corrected chi connectivity index (χ3v) is 9.94. The van der Waals surface area contributed by atoms with Gasteiger partial charge in [0.25, 0.3) is 11.8 Å². The molecule has 0 bridgehead atoms. The van der Waals surface area contributed by atoms with E-state index in [1.54, 1.807) is 0 Å². The zero-order chi connectivity index (χ0) is 48.1. The van der Waals surface area contributed by atoms with Gasteiger partial charge in [0.2, 0.25) is 17.7 Å². The third-order valence-electron chi connectivity index (χ3n) is 9.94. The monoisotopic (exact) mass is 917 g/mol. The first-order chi connectivity index (χ1) is 31.0. The van der Waals surface area contributed by atoms with Crippen LogP contribution in [0.1, 0.15) is 78.5 Å². The summed E-state index contributed by atoms with van der Waals surface area (Å²) in [5.41, 5.74) is 22.0. The lowest BCUT2D eigenvalue weighted by atomic mass is 10.1. The van der Waals surface area contributed by atoms with E-state index >= 15 is 0 Å². The van der Waals surface area contributed by atoms with Crippen molar-refractivity contribution in [2.45, 2.75) is 94.0 Å². The molecule has 5 amide bonds. The molecule has 3 rings (SSSR count). The number of para-hydroxylation sites is 2.